The van der Waals surface area contributed by atoms with Gasteiger partial charge in [-0.25, -0.2) is 4.98 Å². The van der Waals surface area contributed by atoms with Gasteiger partial charge in [-0.3, -0.25) is 0 Å². The third kappa shape index (κ3) is 4.70. The highest BCUT2D eigenvalue weighted by Crippen LogP contribution is 2.25. The second-order valence-corrected chi connectivity index (χ2v) is 7.68. The highest BCUT2D eigenvalue weighted by atomic mass is 15.2. The summed E-state index contributed by atoms with van der Waals surface area (Å²) in [5.41, 5.74) is 2.00. The largest absolute Gasteiger partial charge is 0.367 e. The van der Waals surface area contributed by atoms with E-state index in [1.165, 1.54) is 32.1 Å². The number of benzene rings is 1. The zero-order valence-electron chi connectivity index (χ0n) is 15.0. The Kier molecular flexibility index (Phi) is 5.03. The van der Waals surface area contributed by atoms with Crippen molar-refractivity contribution in [3.05, 3.63) is 36.4 Å². The van der Waals surface area contributed by atoms with E-state index in [2.05, 4.69) is 49.6 Å². The molecule has 0 unspecified atom stereocenters. The Morgan fingerprint density at radius 1 is 0.958 bits per heavy atom. The average molecular weight is 324 g/mol. The maximum atomic E-state index is 4.72. The third-order valence-corrected chi connectivity index (χ3v) is 4.24. The molecule has 1 aliphatic carbocycles. The fraction of sp³-hybridized carbons (Fsp3) is 0.500. The van der Waals surface area contributed by atoms with Crippen LogP contribution in [0, 0.1) is 0 Å². The van der Waals surface area contributed by atoms with Crippen LogP contribution in [0.3, 0.4) is 0 Å². The van der Waals surface area contributed by atoms with Crippen molar-refractivity contribution >= 4 is 11.8 Å². The van der Waals surface area contributed by atoms with E-state index in [0.717, 1.165) is 17.1 Å². The zero-order chi connectivity index (χ0) is 17.0. The van der Waals surface area contributed by atoms with Gasteiger partial charge in [0.25, 0.3) is 0 Å². The molecule has 1 aliphatic rings. The van der Waals surface area contributed by atoms with E-state index < -0.39 is 0 Å². The van der Waals surface area contributed by atoms with E-state index in [9.17, 15) is 0 Å². The highest BCUT2D eigenvalue weighted by molar-refractivity contribution is 5.64. The first-order chi connectivity index (χ1) is 11.5. The number of hydrogen-bond acceptors (Lipinski definition) is 4. The summed E-state index contributed by atoms with van der Waals surface area (Å²) in [7, 11) is 0. The molecule has 2 N–H and O–H groups in total. The minimum atomic E-state index is -0.0720. The molecule has 128 valence electrons. The van der Waals surface area contributed by atoms with E-state index in [1.54, 1.807) is 0 Å². The van der Waals surface area contributed by atoms with Crippen LogP contribution in [0.1, 0.15) is 52.9 Å². The van der Waals surface area contributed by atoms with Crippen molar-refractivity contribution in [2.45, 2.75) is 64.5 Å². The minimum Gasteiger partial charge on any atom is -0.367 e. The number of nitrogens with zero attached hydrogens (tertiary/aromatic N) is 2. The molecule has 0 radical (unpaired) electrons. The quantitative estimate of drug-likeness (QED) is 0.821. The van der Waals surface area contributed by atoms with Crippen LogP contribution in [0.5, 0.6) is 0 Å². The molecule has 3 rings (SSSR count). The monoisotopic (exact) mass is 324 g/mol. The molecule has 1 heterocycles. The predicted molar refractivity (Wildman–Crippen MR) is 101 cm³/mol. The van der Waals surface area contributed by atoms with Gasteiger partial charge in [0.1, 0.15) is 5.82 Å². The fourth-order valence-electron chi connectivity index (χ4n) is 3.13. The second-order valence-electron chi connectivity index (χ2n) is 7.68. The lowest BCUT2D eigenvalue weighted by Gasteiger charge is -2.25. The second kappa shape index (κ2) is 7.20. The van der Waals surface area contributed by atoms with Crippen LogP contribution in [0.25, 0.3) is 11.3 Å². The number of hydrogen-bond donors (Lipinski definition) is 2. The summed E-state index contributed by atoms with van der Waals surface area (Å²) in [6.07, 6.45) is 6.43. The maximum Gasteiger partial charge on any atom is 0.225 e. The van der Waals surface area contributed by atoms with Gasteiger partial charge in [0.2, 0.25) is 5.95 Å². The van der Waals surface area contributed by atoms with Crippen LogP contribution in [0.4, 0.5) is 11.8 Å². The van der Waals surface area contributed by atoms with Gasteiger partial charge in [-0.05, 0) is 33.6 Å². The first kappa shape index (κ1) is 16.7. The van der Waals surface area contributed by atoms with Crippen LogP contribution in [0.2, 0.25) is 0 Å². The molecular weight excluding hydrogens is 296 g/mol. The van der Waals surface area contributed by atoms with Crippen molar-refractivity contribution in [1.82, 2.24) is 9.97 Å². The lowest BCUT2D eigenvalue weighted by atomic mass is 9.95. The molecule has 4 heteroatoms. The van der Waals surface area contributed by atoms with Gasteiger partial charge in [0.15, 0.2) is 0 Å². The smallest absolute Gasteiger partial charge is 0.225 e. The lowest BCUT2D eigenvalue weighted by molar-refractivity contribution is 0.462. The van der Waals surface area contributed by atoms with Gasteiger partial charge in [-0.2, -0.15) is 4.98 Å². The van der Waals surface area contributed by atoms with E-state index in [1.807, 2.05) is 18.2 Å². The van der Waals surface area contributed by atoms with Crippen molar-refractivity contribution < 1.29 is 0 Å². The van der Waals surface area contributed by atoms with Crippen molar-refractivity contribution in [3.8, 4) is 11.3 Å². The first-order valence-electron chi connectivity index (χ1n) is 8.99. The SMILES string of the molecule is CC(C)(C)Nc1nc(NC2CCCCC2)cc(-c2ccccc2)n1. The van der Waals surface area contributed by atoms with Crippen molar-refractivity contribution in [2.24, 2.45) is 0 Å². The van der Waals surface area contributed by atoms with E-state index in [-0.39, 0.29) is 5.54 Å². The average Bonchev–Trinajstić information content (AvgIpc) is 2.55. The Labute approximate surface area is 145 Å². The molecule has 1 fully saturated rings. The van der Waals surface area contributed by atoms with Crippen molar-refractivity contribution in [1.29, 1.82) is 0 Å². The van der Waals surface area contributed by atoms with Crippen LogP contribution in [0.15, 0.2) is 36.4 Å². The lowest BCUT2D eigenvalue weighted by Crippen LogP contribution is -2.28. The Hall–Kier alpha value is -2.10. The standard InChI is InChI=1S/C20H28N4/c1-20(2,3)24-19-22-17(15-10-6-4-7-11-15)14-18(23-19)21-16-12-8-5-9-13-16/h4,6-7,10-11,14,16H,5,8-9,12-13H2,1-3H3,(H2,21,22,23,24). The van der Waals surface area contributed by atoms with E-state index >= 15 is 0 Å². The Balaban J connectivity index is 1.90. The summed E-state index contributed by atoms with van der Waals surface area (Å²) in [5, 5.41) is 7.03. The molecule has 0 atom stereocenters. The Morgan fingerprint density at radius 2 is 1.67 bits per heavy atom. The maximum absolute atomic E-state index is 4.72. The topological polar surface area (TPSA) is 49.8 Å². The van der Waals surface area contributed by atoms with Crippen LogP contribution in [-0.4, -0.2) is 21.5 Å². The number of aromatic nitrogens is 2. The minimum absolute atomic E-state index is 0.0720. The first-order valence-corrected chi connectivity index (χ1v) is 8.99. The summed E-state index contributed by atoms with van der Waals surface area (Å²) in [6, 6.07) is 12.9. The molecule has 0 saturated heterocycles. The van der Waals surface area contributed by atoms with Crippen LogP contribution in [-0.2, 0) is 0 Å². The highest BCUT2D eigenvalue weighted by Gasteiger charge is 2.17. The molecule has 4 nitrogen and oxygen atoms in total. The summed E-state index contributed by atoms with van der Waals surface area (Å²) in [4.78, 5) is 9.42. The summed E-state index contributed by atoms with van der Waals surface area (Å²) in [6.45, 7) is 6.37. The molecule has 1 saturated carbocycles. The third-order valence-electron chi connectivity index (χ3n) is 4.24. The zero-order valence-corrected chi connectivity index (χ0v) is 15.0. The molecule has 0 bridgehead atoms. The van der Waals surface area contributed by atoms with Crippen LogP contribution >= 0.6 is 0 Å². The van der Waals surface area contributed by atoms with Gasteiger partial charge in [-0.1, -0.05) is 49.6 Å². The van der Waals surface area contributed by atoms with Gasteiger partial charge in [0, 0.05) is 23.2 Å². The summed E-state index contributed by atoms with van der Waals surface area (Å²) in [5.74, 6) is 1.60. The predicted octanol–water partition coefficient (Wildman–Crippen LogP) is 5.10. The van der Waals surface area contributed by atoms with Crippen LogP contribution < -0.4 is 10.6 Å². The molecule has 24 heavy (non-hydrogen) atoms. The van der Waals surface area contributed by atoms with Gasteiger partial charge >= 0.3 is 0 Å². The fourth-order valence-corrected chi connectivity index (χ4v) is 3.13. The molecule has 0 spiro atoms. The van der Waals surface area contributed by atoms with Gasteiger partial charge in [0.05, 0.1) is 5.69 Å². The summed E-state index contributed by atoms with van der Waals surface area (Å²) < 4.78 is 0. The Bertz CT molecular complexity index is 655. The molecule has 0 amide bonds. The van der Waals surface area contributed by atoms with E-state index in [0.29, 0.717) is 12.0 Å². The van der Waals surface area contributed by atoms with Gasteiger partial charge in [-0.15, -0.1) is 0 Å². The van der Waals surface area contributed by atoms with Gasteiger partial charge < -0.3 is 10.6 Å². The normalized spacial score (nSPS) is 16.0. The molecule has 1 aromatic heterocycles. The molecule has 0 aliphatic heterocycles. The number of anilines is 2. The number of rotatable bonds is 4. The number of nitrogens with one attached hydrogen (secondary N) is 2. The van der Waals surface area contributed by atoms with E-state index in [4.69, 9.17) is 9.97 Å². The van der Waals surface area contributed by atoms with Crippen molar-refractivity contribution in [3.63, 3.8) is 0 Å². The molecular formula is C20H28N4. The van der Waals surface area contributed by atoms with Crippen molar-refractivity contribution in [2.75, 3.05) is 10.6 Å². The molecule has 1 aromatic carbocycles. The Morgan fingerprint density at radius 3 is 2.33 bits per heavy atom. The summed E-state index contributed by atoms with van der Waals surface area (Å²) >= 11 is 0. The molecule has 2 aromatic rings.